The fourth-order valence-corrected chi connectivity index (χ4v) is 5.44. The molecule has 2 aromatic rings. The number of aliphatic hydroxyl groups excluding tert-OH is 1. The summed E-state index contributed by atoms with van der Waals surface area (Å²) in [6, 6.07) is 6.29. The maximum atomic E-state index is 10.7. The van der Waals surface area contributed by atoms with Crippen molar-refractivity contribution >= 4 is 11.9 Å². The van der Waals surface area contributed by atoms with E-state index in [1.165, 1.54) is 0 Å². The zero-order valence-electron chi connectivity index (χ0n) is 20.2. The van der Waals surface area contributed by atoms with E-state index in [-0.39, 0.29) is 22.8 Å². The first-order chi connectivity index (χ1) is 15.0. The van der Waals surface area contributed by atoms with E-state index in [1.807, 2.05) is 25.1 Å². The number of nitrogens with one attached hydrogen (secondary N) is 1. The molecule has 2 aromatic heterocycles. The first kappa shape index (κ1) is 22.5. The molecule has 1 aliphatic carbocycles. The van der Waals surface area contributed by atoms with Gasteiger partial charge in [0.2, 0.25) is 0 Å². The average Bonchev–Trinajstić information content (AvgIpc) is 2.70. The molecule has 32 heavy (non-hydrogen) atoms. The molecule has 0 saturated carbocycles. The van der Waals surface area contributed by atoms with Gasteiger partial charge in [0.25, 0.3) is 0 Å². The van der Waals surface area contributed by atoms with E-state index < -0.39 is 0 Å². The standard InChI is InChI=1S/C25H35N5O2/c1-15-10-22(32-7)18-11-17(21(31)12-20(18)26-15)19-8-9-23(28-27-19)30(6)16-13-24(2,3)29-25(4,5)14-16/h8-10,12,16-17,29,31H,11,13-14H2,1-7H3. The molecule has 3 heterocycles. The number of nitrogens with zero attached hydrogens (tertiary/aromatic N) is 4. The van der Waals surface area contributed by atoms with Crippen LogP contribution in [0.1, 0.15) is 69.1 Å². The number of ether oxygens (including phenoxy) is 1. The van der Waals surface area contributed by atoms with Crippen molar-refractivity contribution in [3.8, 4) is 5.75 Å². The monoisotopic (exact) mass is 437 g/mol. The van der Waals surface area contributed by atoms with Gasteiger partial charge in [0.15, 0.2) is 5.82 Å². The summed E-state index contributed by atoms with van der Waals surface area (Å²) >= 11 is 0. The minimum atomic E-state index is -0.260. The van der Waals surface area contributed by atoms with Crippen LogP contribution in [0.5, 0.6) is 5.75 Å². The molecule has 1 atom stereocenters. The van der Waals surface area contributed by atoms with Crippen LogP contribution < -0.4 is 15.0 Å². The largest absolute Gasteiger partial charge is 0.512 e. The van der Waals surface area contributed by atoms with Crippen LogP contribution >= 0.6 is 0 Å². The van der Waals surface area contributed by atoms with E-state index in [2.05, 4.69) is 60.1 Å². The highest BCUT2D eigenvalue weighted by molar-refractivity contribution is 5.61. The number of rotatable bonds is 4. The van der Waals surface area contributed by atoms with Crippen LogP contribution in [-0.2, 0) is 6.42 Å². The van der Waals surface area contributed by atoms with Crippen molar-refractivity contribution < 1.29 is 9.84 Å². The zero-order chi connectivity index (χ0) is 23.3. The first-order valence-corrected chi connectivity index (χ1v) is 11.3. The van der Waals surface area contributed by atoms with E-state index in [1.54, 1.807) is 13.2 Å². The summed E-state index contributed by atoms with van der Waals surface area (Å²) in [6.45, 7) is 10.9. The Morgan fingerprint density at radius 1 is 1.12 bits per heavy atom. The molecule has 172 valence electrons. The molecule has 1 saturated heterocycles. The van der Waals surface area contributed by atoms with E-state index >= 15 is 0 Å². The fraction of sp³-hybridized carbons (Fsp3) is 0.560. The van der Waals surface area contributed by atoms with Crippen molar-refractivity contribution in [1.29, 1.82) is 0 Å². The highest BCUT2D eigenvalue weighted by Crippen LogP contribution is 2.38. The summed E-state index contributed by atoms with van der Waals surface area (Å²) < 4.78 is 5.57. The molecular weight excluding hydrogens is 402 g/mol. The van der Waals surface area contributed by atoms with Crippen LogP contribution in [-0.4, -0.2) is 51.6 Å². The zero-order valence-corrected chi connectivity index (χ0v) is 20.2. The number of hydrogen-bond acceptors (Lipinski definition) is 7. The summed E-state index contributed by atoms with van der Waals surface area (Å²) in [6.07, 6.45) is 4.37. The van der Waals surface area contributed by atoms with Crippen LogP contribution in [0.25, 0.3) is 6.08 Å². The average molecular weight is 438 g/mol. The highest BCUT2D eigenvalue weighted by Gasteiger charge is 2.39. The van der Waals surface area contributed by atoms with Crippen molar-refractivity contribution in [3.63, 3.8) is 0 Å². The van der Waals surface area contributed by atoms with Gasteiger partial charge in [0.1, 0.15) is 11.5 Å². The second-order valence-corrected chi connectivity index (χ2v) is 10.5. The highest BCUT2D eigenvalue weighted by atomic mass is 16.5. The van der Waals surface area contributed by atoms with Gasteiger partial charge in [-0.2, -0.15) is 5.10 Å². The lowest BCUT2D eigenvalue weighted by atomic mass is 9.79. The van der Waals surface area contributed by atoms with Crippen molar-refractivity contribution in [1.82, 2.24) is 20.5 Å². The Kier molecular flexibility index (Phi) is 5.65. The molecule has 0 aromatic carbocycles. The summed E-state index contributed by atoms with van der Waals surface area (Å²) in [5.41, 5.74) is 3.48. The maximum Gasteiger partial charge on any atom is 0.151 e. The number of pyridine rings is 1. The lowest BCUT2D eigenvalue weighted by Crippen LogP contribution is -2.62. The normalized spacial score (nSPS) is 22.1. The minimum Gasteiger partial charge on any atom is -0.512 e. The van der Waals surface area contributed by atoms with Crippen molar-refractivity contribution in [2.75, 3.05) is 19.1 Å². The smallest absolute Gasteiger partial charge is 0.151 e. The third-order valence-electron chi connectivity index (χ3n) is 6.62. The minimum absolute atomic E-state index is 0.0611. The van der Waals surface area contributed by atoms with E-state index in [9.17, 15) is 5.11 Å². The molecule has 1 aliphatic heterocycles. The number of anilines is 1. The summed E-state index contributed by atoms with van der Waals surface area (Å²) in [5.74, 6) is 1.64. The summed E-state index contributed by atoms with van der Waals surface area (Å²) in [5, 5.41) is 23.5. The molecule has 0 bridgehead atoms. The van der Waals surface area contributed by atoms with Gasteiger partial charge >= 0.3 is 0 Å². The van der Waals surface area contributed by atoms with Gasteiger partial charge in [-0.1, -0.05) is 0 Å². The third kappa shape index (κ3) is 4.44. The van der Waals surface area contributed by atoms with Crippen molar-refractivity contribution in [2.24, 2.45) is 0 Å². The molecule has 0 spiro atoms. The Morgan fingerprint density at radius 2 is 1.81 bits per heavy atom. The topological polar surface area (TPSA) is 83.4 Å². The van der Waals surface area contributed by atoms with E-state index in [0.717, 1.165) is 47.1 Å². The second kappa shape index (κ2) is 8.03. The number of aliphatic hydroxyl groups is 1. The number of hydrogen-bond donors (Lipinski definition) is 2. The lowest BCUT2D eigenvalue weighted by Gasteiger charge is -2.49. The molecule has 2 N–H and O–H groups in total. The SMILES string of the molecule is COc1cc(C)nc2c1CC(c1ccc(N(C)C3CC(C)(C)NC(C)(C)C3)nn1)C(O)=C2. The molecule has 1 unspecified atom stereocenters. The molecule has 0 radical (unpaired) electrons. The lowest BCUT2D eigenvalue weighted by molar-refractivity contribution is 0.160. The first-order valence-electron chi connectivity index (χ1n) is 11.3. The summed E-state index contributed by atoms with van der Waals surface area (Å²) in [4.78, 5) is 6.79. The third-order valence-corrected chi connectivity index (χ3v) is 6.62. The Morgan fingerprint density at radius 3 is 2.41 bits per heavy atom. The maximum absolute atomic E-state index is 10.7. The number of methoxy groups -OCH3 is 1. The number of fused-ring (bicyclic) bond motifs is 1. The van der Waals surface area contributed by atoms with Gasteiger partial charge in [-0.25, -0.2) is 0 Å². The van der Waals surface area contributed by atoms with Crippen LogP contribution in [0.15, 0.2) is 24.0 Å². The van der Waals surface area contributed by atoms with E-state index in [0.29, 0.717) is 12.5 Å². The Hall–Kier alpha value is -2.67. The van der Waals surface area contributed by atoms with Gasteiger partial charge in [-0.3, -0.25) is 4.98 Å². The van der Waals surface area contributed by atoms with Crippen LogP contribution in [0.3, 0.4) is 0 Å². The van der Waals surface area contributed by atoms with Gasteiger partial charge in [-0.15, -0.1) is 5.10 Å². The van der Waals surface area contributed by atoms with Crippen LogP contribution in [0, 0.1) is 6.92 Å². The van der Waals surface area contributed by atoms with E-state index in [4.69, 9.17) is 4.74 Å². The Balaban J connectivity index is 1.56. The fourth-order valence-electron chi connectivity index (χ4n) is 5.44. The van der Waals surface area contributed by atoms with Crippen LogP contribution in [0.2, 0.25) is 0 Å². The van der Waals surface area contributed by atoms with Gasteiger partial charge in [-0.05, 0) is 66.0 Å². The number of aromatic nitrogens is 3. The van der Waals surface area contributed by atoms with Gasteiger partial charge in [0.05, 0.1) is 24.4 Å². The molecular formula is C25H35N5O2. The molecule has 1 fully saturated rings. The molecule has 4 rings (SSSR count). The number of aryl methyl sites for hydroxylation is 1. The van der Waals surface area contributed by atoms with Gasteiger partial charge < -0.3 is 20.1 Å². The van der Waals surface area contributed by atoms with Gasteiger partial charge in [0, 0.05) is 47.6 Å². The predicted octanol–water partition coefficient (Wildman–Crippen LogP) is 4.17. The molecule has 7 heteroatoms. The Labute approximate surface area is 190 Å². The number of allylic oxidation sites excluding steroid dienone is 1. The molecule has 2 aliphatic rings. The van der Waals surface area contributed by atoms with Crippen molar-refractivity contribution in [2.45, 2.75) is 76.9 Å². The second-order valence-electron chi connectivity index (χ2n) is 10.5. The van der Waals surface area contributed by atoms with Crippen LogP contribution in [0.4, 0.5) is 5.82 Å². The van der Waals surface area contributed by atoms with Crippen molar-refractivity contribution in [3.05, 3.63) is 46.6 Å². The quantitative estimate of drug-likeness (QED) is 0.743. The summed E-state index contributed by atoms with van der Waals surface area (Å²) in [7, 11) is 3.76. The molecule has 0 amide bonds. The predicted molar refractivity (Wildman–Crippen MR) is 127 cm³/mol. The Bertz CT molecular complexity index is 1010. The number of piperidine rings is 1. The molecule has 7 nitrogen and oxygen atoms in total.